The topological polar surface area (TPSA) is 195 Å². The summed E-state index contributed by atoms with van der Waals surface area (Å²) in [6.45, 7) is 5.09. The lowest BCUT2D eigenvalue weighted by atomic mass is 9.77. The van der Waals surface area contributed by atoms with Crippen molar-refractivity contribution in [3.63, 3.8) is 0 Å². The number of hydrogen-bond acceptors (Lipinski definition) is 12. The normalized spacial score (nSPS) is 23.2. The van der Waals surface area contributed by atoms with Crippen molar-refractivity contribution in [3.8, 4) is 11.5 Å². The summed E-state index contributed by atoms with van der Waals surface area (Å²) in [5.74, 6) is 0.814. The van der Waals surface area contributed by atoms with Gasteiger partial charge in [-0.3, -0.25) is 34.1 Å². The Bertz CT molecular complexity index is 2440. The van der Waals surface area contributed by atoms with Gasteiger partial charge in [0.1, 0.15) is 23.6 Å². The standard InChI is InChI=1S/C48H56N6O9S/c1-30-33-10-17-38(18-11-33)63-42(27-36-22-24-50-48(51-36)53-64(2,59)60)44(30)34-12-15-37(16-13-34)62-29-32-8-6-31(7-9-32)28-61-25-5-3-4-23-49-35-14-19-39-40(26-35)47(58)54(46(39)57)41-20-21-43(55)52-45(41)56/h10-19,22,24,26,30-32,41-42,44,49H,3-9,20-21,23,25,27-29H2,1-2H3,(H,50,51,53)(H,52,55,56)/t30-,31?,32?,41+,42?,44+/m0/s1. The number of imide groups is 2. The van der Waals surface area contributed by atoms with Crippen molar-refractivity contribution in [3.05, 3.63) is 107 Å². The van der Waals surface area contributed by atoms with Gasteiger partial charge in [-0.1, -0.05) is 31.2 Å². The fourth-order valence-corrected chi connectivity index (χ4v) is 9.79. The molecule has 338 valence electrons. The van der Waals surface area contributed by atoms with E-state index in [0.29, 0.717) is 43.7 Å². The molecule has 4 amide bonds. The molecule has 4 aliphatic heterocycles. The van der Waals surface area contributed by atoms with E-state index in [9.17, 15) is 27.6 Å². The van der Waals surface area contributed by atoms with Gasteiger partial charge in [-0.25, -0.2) is 18.4 Å². The van der Waals surface area contributed by atoms with Crippen molar-refractivity contribution in [2.45, 2.75) is 95.1 Å². The first-order valence-electron chi connectivity index (χ1n) is 22.3. The Morgan fingerprint density at radius 3 is 2.28 bits per heavy atom. The molecule has 0 radical (unpaired) electrons. The van der Waals surface area contributed by atoms with Gasteiger partial charge in [0.25, 0.3) is 11.8 Å². The maximum atomic E-state index is 13.1. The summed E-state index contributed by atoms with van der Waals surface area (Å²) in [6.07, 6.45) is 10.4. The zero-order valence-corrected chi connectivity index (χ0v) is 37.1. The third-order valence-electron chi connectivity index (χ3n) is 12.8. The second-order valence-electron chi connectivity index (χ2n) is 17.5. The highest BCUT2D eigenvalue weighted by atomic mass is 32.2. The van der Waals surface area contributed by atoms with Gasteiger partial charge in [-0.2, -0.15) is 0 Å². The minimum Gasteiger partial charge on any atom is -0.493 e. The van der Waals surface area contributed by atoms with Crippen LogP contribution >= 0.6 is 0 Å². The zero-order chi connectivity index (χ0) is 44.8. The van der Waals surface area contributed by atoms with Gasteiger partial charge >= 0.3 is 0 Å². The molecule has 5 heterocycles. The number of nitrogens with zero attached hydrogens (tertiary/aromatic N) is 3. The van der Waals surface area contributed by atoms with Crippen molar-refractivity contribution in [1.29, 1.82) is 0 Å². The Balaban J connectivity index is 0.728. The number of fused-ring (bicyclic) bond motifs is 6. The van der Waals surface area contributed by atoms with Crippen molar-refractivity contribution in [1.82, 2.24) is 20.2 Å². The number of hydrogen-bond donors (Lipinski definition) is 3. The molecule has 2 bridgehead atoms. The van der Waals surface area contributed by atoms with Crippen LogP contribution in [-0.2, 0) is 30.8 Å². The predicted molar refractivity (Wildman–Crippen MR) is 240 cm³/mol. The third kappa shape index (κ3) is 10.9. The van der Waals surface area contributed by atoms with Crippen LogP contribution in [0.5, 0.6) is 11.5 Å². The number of nitrogens with one attached hydrogen (secondary N) is 3. The minimum absolute atomic E-state index is 0.000997. The highest BCUT2D eigenvalue weighted by Gasteiger charge is 2.44. The molecule has 3 N–H and O–H groups in total. The van der Waals surface area contributed by atoms with Crippen LogP contribution in [0.25, 0.3) is 0 Å². The van der Waals surface area contributed by atoms with Crippen LogP contribution in [0, 0.1) is 11.8 Å². The largest absolute Gasteiger partial charge is 0.493 e. The van der Waals surface area contributed by atoms with E-state index in [1.54, 1.807) is 30.5 Å². The zero-order valence-electron chi connectivity index (χ0n) is 36.3. The van der Waals surface area contributed by atoms with E-state index >= 15 is 0 Å². The first kappa shape index (κ1) is 44.7. The number of anilines is 2. The summed E-state index contributed by atoms with van der Waals surface area (Å²) in [4.78, 5) is 59.5. The molecule has 64 heavy (non-hydrogen) atoms. The maximum absolute atomic E-state index is 13.1. The van der Waals surface area contributed by atoms with Gasteiger partial charge in [0.2, 0.25) is 27.8 Å². The van der Waals surface area contributed by atoms with Gasteiger partial charge in [0, 0.05) is 56.1 Å². The summed E-state index contributed by atoms with van der Waals surface area (Å²) in [5.41, 5.74) is 4.30. The number of piperidine rings is 1. The number of ether oxygens (including phenoxy) is 3. The number of unbranched alkanes of at least 4 members (excludes halogenated alkanes) is 2. The molecule has 9 rings (SSSR count). The van der Waals surface area contributed by atoms with E-state index in [-0.39, 0.29) is 47.9 Å². The highest BCUT2D eigenvalue weighted by molar-refractivity contribution is 7.92. The molecule has 1 aromatic heterocycles. The van der Waals surface area contributed by atoms with Gasteiger partial charge in [-0.05, 0) is 129 Å². The molecule has 4 aromatic rings. The second-order valence-corrected chi connectivity index (χ2v) is 19.3. The highest BCUT2D eigenvalue weighted by Crippen LogP contribution is 2.42. The number of carbonyl (C=O) groups is 4. The molecular weight excluding hydrogens is 837 g/mol. The molecule has 5 aliphatic rings. The molecule has 16 heteroatoms. The van der Waals surface area contributed by atoms with Crippen LogP contribution in [0.1, 0.15) is 114 Å². The number of amides is 4. The Kier molecular flexibility index (Phi) is 13.9. The predicted octanol–water partition coefficient (Wildman–Crippen LogP) is 6.62. The lowest BCUT2D eigenvalue weighted by Crippen LogP contribution is -2.54. The van der Waals surface area contributed by atoms with Crippen molar-refractivity contribution < 1.29 is 41.8 Å². The summed E-state index contributed by atoms with van der Waals surface area (Å²) in [7, 11) is -3.52. The molecular formula is C48H56N6O9S. The third-order valence-corrected chi connectivity index (χ3v) is 13.4. The van der Waals surface area contributed by atoms with E-state index in [0.717, 1.165) is 85.5 Å². The Morgan fingerprint density at radius 1 is 0.828 bits per heavy atom. The monoisotopic (exact) mass is 892 g/mol. The lowest BCUT2D eigenvalue weighted by molar-refractivity contribution is -0.136. The van der Waals surface area contributed by atoms with Crippen LogP contribution in [0.15, 0.2) is 79.0 Å². The SMILES string of the molecule is C[C@H]1c2ccc(cc2)OC(Cc2ccnc(NS(C)(=O)=O)n2)[C@H]1c1ccc(OCC2CCC(COCCCCCNc3ccc4c(c3)C(=O)N([C@@H]3CCC(=O)NC3=O)C4=O)CC2)cc1. The summed E-state index contributed by atoms with van der Waals surface area (Å²) >= 11 is 0. The van der Waals surface area contributed by atoms with Crippen molar-refractivity contribution in [2.24, 2.45) is 11.8 Å². The average molecular weight is 893 g/mol. The molecule has 1 unspecified atom stereocenters. The summed E-state index contributed by atoms with van der Waals surface area (Å²) < 4.78 is 45.0. The fourth-order valence-electron chi connectivity index (χ4n) is 9.36. The number of benzene rings is 3. The van der Waals surface area contributed by atoms with Crippen LogP contribution in [0.4, 0.5) is 11.6 Å². The maximum Gasteiger partial charge on any atom is 0.262 e. The summed E-state index contributed by atoms with van der Waals surface area (Å²) in [6, 6.07) is 22.4. The van der Waals surface area contributed by atoms with E-state index < -0.39 is 39.7 Å². The number of carbonyl (C=O) groups excluding carboxylic acids is 4. The van der Waals surface area contributed by atoms with Crippen LogP contribution in [0.2, 0.25) is 0 Å². The molecule has 1 saturated carbocycles. The molecule has 4 atom stereocenters. The van der Waals surface area contributed by atoms with E-state index in [4.69, 9.17) is 14.2 Å². The van der Waals surface area contributed by atoms with E-state index in [1.165, 1.54) is 5.56 Å². The molecule has 2 fully saturated rings. The van der Waals surface area contributed by atoms with Crippen molar-refractivity contribution in [2.75, 3.05) is 42.7 Å². The van der Waals surface area contributed by atoms with Crippen LogP contribution < -0.4 is 24.8 Å². The number of sulfonamides is 1. The molecule has 1 aliphatic carbocycles. The molecule has 1 saturated heterocycles. The number of rotatable bonds is 18. The van der Waals surface area contributed by atoms with Crippen LogP contribution in [-0.4, -0.2) is 91.7 Å². The molecule has 0 spiro atoms. The number of aromatic nitrogens is 2. The lowest BCUT2D eigenvalue weighted by Gasteiger charge is -2.35. The van der Waals surface area contributed by atoms with E-state index in [2.05, 4.69) is 56.5 Å². The molecule has 15 nitrogen and oxygen atoms in total. The quantitative estimate of drug-likeness (QED) is 0.0715. The first-order chi connectivity index (χ1) is 30.9. The Labute approximate surface area is 374 Å². The van der Waals surface area contributed by atoms with Gasteiger partial charge in [0.15, 0.2) is 0 Å². The van der Waals surface area contributed by atoms with Crippen molar-refractivity contribution >= 4 is 45.3 Å². The first-order valence-corrected chi connectivity index (χ1v) is 24.2. The molecule has 3 aromatic carbocycles. The van der Waals surface area contributed by atoms with E-state index in [1.807, 2.05) is 24.3 Å². The van der Waals surface area contributed by atoms with Gasteiger partial charge in [-0.15, -0.1) is 0 Å². The van der Waals surface area contributed by atoms with Gasteiger partial charge < -0.3 is 19.5 Å². The van der Waals surface area contributed by atoms with Crippen LogP contribution in [0.3, 0.4) is 0 Å². The Morgan fingerprint density at radius 2 is 1.55 bits per heavy atom. The fraction of sp³-hybridized carbons (Fsp3) is 0.458. The average Bonchev–Trinajstić information content (AvgIpc) is 3.51. The smallest absolute Gasteiger partial charge is 0.262 e. The summed E-state index contributed by atoms with van der Waals surface area (Å²) in [5, 5.41) is 5.56. The minimum atomic E-state index is -3.52. The second kappa shape index (κ2) is 19.9. The van der Waals surface area contributed by atoms with Gasteiger partial charge in [0.05, 0.1) is 24.0 Å². The Hall–Kier alpha value is -5.87.